The molecule has 0 saturated carbocycles. The molecular weight excluding hydrogens is 284 g/mol. The summed E-state index contributed by atoms with van der Waals surface area (Å²) in [4.78, 5) is 16.2. The number of rotatable bonds is 8. The largest absolute Gasteiger partial charge is 0.375 e. The first-order valence-electron chi connectivity index (χ1n) is 6.98. The second-order valence-corrected chi connectivity index (χ2v) is 6.05. The summed E-state index contributed by atoms with van der Waals surface area (Å²) in [6.07, 6.45) is 1.14. The molecule has 1 aromatic heterocycles. The van der Waals surface area contributed by atoms with E-state index in [0.717, 1.165) is 16.1 Å². The summed E-state index contributed by atoms with van der Waals surface area (Å²) in [5, 5.41) is 3.85. The lowest BCUT2D eigenvalue weighted by Gasteiger charge is -2.05. The molecule has 0 radical (unpaired) electrons. The molecule has 0 aliphatic heterocycles. The van der Waals surface area contributed by atoms with Crippen molar-refractivity contribution in [2.75, 3.05) is 19.8 Å². The van der Waals surface area contributed by atoms with Gasteiger partial charge in [0.1, 0.15) is 0 Å². The van der Waals surface area contributed by atoms with E-state index in [1.807, 2.05) is 25.1 Å². The lowest BCUT2D eigenvalue weighted by Crippen LogP contribution is -2.27. The summed E-state index contributed by atoms with van der Waals surface area (Å²) >= 11 is 1.65. The lowest BCUT2D eigenvalue weighted by atomic mass is 10.3. The van der Waals surface area contributed by atoms with Gasteiger partial charge in [0, 0.05) is 19.4 Å². The minimum atomic E-state index is 0.0354. The van der Waals surface area contributed by atoms with Crippen LogP contribution in [0.15, 0.2) is 36.4 Å². The van der Waals surface area contributed by atoms with Crippen LogP contribution in [0.2, 0.25) is 0 Å². The van der Waals surface area contributed by atoms with Crippen LogP contribution in [0.3, 0.4) is 0 Å². The second-order valence-electron chi connectivity index (χ2n) is 4.93. The van der Waals surface area contributed by atoms with Gasteiger partial charge in [-0.05, 0) is 19.1 Å². The molecule has 0 saturated heterocycles. The topological polar surface area (TPSA) is 51.2 Å². The highest BCUT2D eigenvalue weighted by atomic mass is 32.1. The molecule has 112 valence electrons. The smallest absolute Gasteiger partial charge is 0.220 e. The SMILES string of the molecule is C=C(C)COCCNC(=O)CCc1nc2ccccc2s1. The normalized spacial score (nSPS) is 10.7. The number of hydrogen-bond donors (Lipinski definition) is 1. The van der Waals surface area contributed by atoms with Crippen LogP contribution in [0, 0.1) is 0 Å². The summed E-state index contributed by atoms with van der Waals surface area (Å²) in [5.41, 5.74) is 1.99. The number of nitrogens with one attached hydrogen (secondary N) is 1. The number of nitrogens with zero attached hydrogens (tertiary/aromatic N) is 1. The van der Waals surface area contributed by atoms with Gasteiger partial charge >= 0.3 is 0 Å². The third-order valence-electron chi connectivity index (χ3n) is 2.82. The Morgan fingerprint density at radius 1 is 1.43 bits per heavy atom. The van der Waals surface area contributed by atoms with Crippen LogP contribution in [0.1, 0.15) is 18.4 Å². The standard InChI is InChI=1S/C16H20N2O2S/c1-12(2)11-20-10-9-17-15(19)7-8-16-18-13-5-3-4-6-14(13)21-16/h3-6H,1,7-11H2,2H3,(H,17,19). The van der Waals surface area contributed by atoms with Gasteiger partial charge < -0.3 is 10.1 Å². The Balaban J connectivity index is 1.67. The van der Waals surface area contributed by atoms with Gasteiger partial charge in [-0.1, -0.05) is 24.3 Å². The van der Waals surface area contributed by atoms with Crippen LogP contribution < -0.4 is 5.32 Å². The van der Waals surface area contributed by atoms with Crippen molar-refractivity contribution in [2.24, 2.45) is 0 Å². The van der Waals surface area contributed by atoms with Crippen molar-refractivity contribution in [3.8, 4) is 0 Å². The van der Waals surface area contributed by atoms with Crippen molar-refractivity contribution in [2.45, 2.75) is 19.8 Å². The Morgan fingerprint density at radius 3 is 3.00 bits per heavy atom. The molecule has 0 spiro atoms. The zero-order chi connectivity index (χ0) is 15.1. The zero-order valence-corrected chi connectivity index (χ0v) is 13.0. The number of fused-ring (bicyclic) bond motifs is 1. The Kier molecular flexibility index (Phi) is 5.90. The summed E-state index contributed by atoms with van der Waals surface area (Å²) in [7, 11) is 0. The van der Waals surface area contributed by atoms with Crippen LogP contribution in [-0.2, 0) is 16.0 Å². The Morgan fingerprint density at radius 2 is 2.24 bits per heavy atom. The molecule has 4 nitrogen and oxygen atoms in total. The van der Waals surface area contributed by atoms with E-state index in [2.05, 4.69) is 22.9 Å². The maximum Gasteiger partial charge on any atom is 0.220 e. The van der Waals surface area contributed by atoms with E-state index >= 15 is 0 Å². The summed E-state index contributed by atoms with van der Waals surface area (Å²) in [5.74, 6) is 0.0354. The van der Waals surface area contributed by atoms with Crippen molar-refractivity contribution in [1.82, 2.24) is 10.3 Å². The van der Waals surface area contributed by atoms with E-state index < -0.39 is 0 Å². The highest BCUT2D eigenvalue weighted by Gasteiger charge is 2.06. The van der Waals surface area contributed by atoms with Crippen molar-refractivity contribution < 1.29 is 9.53 Å². The maximum absolute atomic E-state index is 11.7. The van der Waals surface area contributed by atoms with Crippen LogP contribution in [0.25, 0.3) is 10.2 Å². The number of carbonyl (C=O) groups is 1. The second kappa shape index (κ2) is 7.90. The molecule has 5 heteroatoms. The number of carbonyl (C=O) groups excluding carboxylic acids is 1. The Labute approximate surface area is 128 Å². The molecule has 2 rings (SSSR count). The number of para-hydroxylation sites is 1. The summed E-state index contributed by atoms with van der Waals surface area (Å²) in [6.45, 7) is 7.25. The van der Waals surface area contributed by atoms with Gasteiger partial charge in [-0.15, -0.1) is 11.3 Å². The third-order valence-corrected chi connectivity index (χ3v) is 3.92. The van der Waals surface area contributed by atoms with Gasteiger partial charge in [0.15, 0.2) is 0 Å². The molecule has 0 bridgehead atoms. The number of aromatic nitrogens is 1. The first kappa shape index (κ1) is 15.7. The van der Waals surface area contributed by atoms with Crippen LogP contribution in [0.4, 0.5) is 0 Å². The number of benzene rings is 1. The number of aryl methyl sites for hydroxylation is 1. The number of ether oxygens (including phenoxy) is 1. The lowest BCUT2D eigenvalue weighted by molar-refractivity contribution is -0.121. The maximum atomic E-state index is 11.7. The molecule has 2 aromatic rings. The third kappa shape index (κ3) is 5.28. The minimum absolute atomic E-state index is 0.0354. The molecule has 1 amide bonds. The molecule has 0 fully saturated rings. The molecule has 1 heterocycles. The van der Waals surface area contributed by atoms with E-state index in [-0.39, 0.29) is 5.91 Å². The average molecular weight is 304 g/mol. The highest BCUT2D eigenvalue weighted by molar-refractivity contribution is 7.18. The van der Waals surface area contributed by atoms with Crippen LogP contribution >= 0.6 is 11.3 Å². The minimum Gasteiger partial charge on any atom is -0.375 e. The van der Waals surface area contributed by atoms with Crippen molar-refractivity contribution in [3.05, 3.63) is 41.4 Å². The van der Waals surface area contributed by atoms with E-state index in [9.17, 15) is 4.79 Å². The number of hydrogen-bond acceptors (Lipinski definition) is 4. The summed E-state index contributed by atoms with van der Waals surface area (Å²) < 4.78 is 6.49. The van der Waals surface area contributed by atoms with Crippen molar-refractivity contribution >= 4 is 27.5 Å². The molecule has 21 heavy (non-hydrogen) atoms. The number of thiazole rings is 1. The molecule has 1 aromatic carbocycles. The fourth-order valence-corrected chi connectivity index (χ4v) is 2.81. The van der Waals surface area contributed by atoms with Crippen molar-refractivity contribution in [3.63, 3.8) is 0 Å². The van der Waals surface area contributed by atoms with Crippen molar-refractivity contribution in [1.29, 1.82) is 0 Å². The Hall–Kier alpha value is -1.72. The molecule has 0 aliphatic carbocycles. The Bertz CT molecular complexity index is 589. The zero-order valence-electron chi connectivity index (χ0n) is 12.2. The monoisotopic (exact) mass is 304 g/mol. The molecule has 1 N–H and O–H groups in total. The molecule has 0 atom stereocenters. The van der Waals surface area contributed by atoms with E-state index in [0.29, 0.717) is 32.6 Å². The molecular formula is C16H20N2O2S. The van der Waals surface area contributed by atoms with Gasteiger partial charge in [-0.25, -0.2) is 4.98 Å². The van der Waals surface area contributed by atoms with Gasteiger partial charge in [0.2, 0.25) is 5.91 Å². The van der Waals surface area contributed by atoms with E-state index in [4.69, 9.17) is 4.74 Å². The highest BCUT2D eigenvalue weighted by Crippen LogP contribution is 2.22. The van der Waals surface area contributed by atoms with E-state index in [1.54, 1.807) is 11.3 Å². The van der Waals surface area contributed by atoms with Gasteiger partial charge in [0.25, 0.3) is 0 Å². The number of amides is 1. The van der Waals surface area contributed by atoms with E-state index in [1.165, 1.54) is 4.70 Å². The quantitative estimate of drug-likeness (QED) is 0.602. The summed E-state index contributed by atoms with van der Waals surface area (Å²) in [6, 6.07) is 8.02. The fraction of sp³-hybridized carbons (Fsp3) is 0.375. The van der Waals surface area contributed by atoms with Gasteiger partial charge in [-0.3, -0.25) is 4.79 Å². The van der Waals surface area contributed by atoms with Gasteiger partial charge in [-0.2, -0.15) is 0 Å². The predicted octanol–water partition coefficient (Wildman–Crippen LogP) is 2.94. The van der Waals surface area contributed by atoms with Crippen LogP contribution in [0.5, 0.6) is 0 Å². The molecule has 0 unspecified atom stereocenters. The predicted molar refractivity (Wildman–Crippen MR) is 86.6 cm³/mol. The average Bonchev–Trinajstić information content (AvgIpc) is 2.87. The van der Waals surface area contributed by atoms with Crippen LogP contribution in [-0.4, -0.2) is 30.6 Å². The molecule has 0 aliphatic rings. The van der Waals surface area contributed by atoms with Gasteiger partial charge in [0.05, 0.1) is 28.4 Å². The fourth-order valence-electron chi connectivity index (χ4n) is 1.84. The first-order valence-corrected chi connectivity index (χ1v) is 7.80. The first-order chi connectivity index (χ1) is 10.1.